The third-order valence-electron chi connectivity index (χ3n) is 2.26. The second-order valence-corrected chi connectivity index (χ2v) is 7.46. The van der Waals surface area contributed by atoms with Gasteiger partial charge in [0.15, 0.2) is 0 Å². The maximum absolute atomic E-state index is 9.93. The van der Waals surface area contributed by atoms with E-state index in [2.05, 4.69) is 19.9 Å². The van der Waals surface area contributed by atoms with Crippen LogP contribution in [0.3, 0.4) is 0 Å². The van der Waals surface area contributed by atoms with Gasteiger partial charge in [-0.05, 0) is 43.3 Å². The summed E-state index contributed by atoms with van der Waals surface area (Å²) in [5.41, 5.74) is 2.51. The van der Waals surface area contributed by atoms with Crippen LogP contribution in [0.2, 0.25) is 13.1 Å². The summed E-state index contributed by atoms with van der Waals surface area (Å²) in [5, 5.41) is 1.16. The molecule has 2 heteroatoms. The Morgan fingerprint density at radius 1 is 1.17 bits per heavy atom. The van der Waals surface area contributed by atoms with Crippen molar-refractivity contribution in [3.05, 3.63) is 29.3 Å². The van der Waals surface area contributed by atoms with Crippen LogP contribution in [0, 0.1) is 13.8 Å². The number of benzene rings is 1. The lowest BCUT2D eigenvalue weighted by atomic mass is 10.1. The Kier molecular flexibility index (Phi) is 2.40. The van der Waals surface area contributed by atoms with Gasteiger partial charge in [-0.1, -0.05) is 18.2 Å². The van der Waals surface area contributed by atoms with E-state index in [1.807, 2.05) is 25.2 Å². The SMILES string of the molecule is Cc1cccc([Si](C)(C)O)c1C. The van der Waals surface area contributed by atoms with Crippen molar-refractivity contribution in [3.8, 4) is 0 Å². The highest BCUT2D eigenvalue weighted by atomic mass is 28.4. The molecular formula is C10H16OSi. The molecule has 66 valence electrons. The predicted molar refractivity (Wildman–Crippen MR) is 55.3 cm³/mol. The fourth-order valence-electron chi connectivity index (χ4n) is 1.41. The molecule has 0 atom stereocenters. The average molecular weight is 180 g/mol. The first-order valence-corrected chi connectivity index (χ1v) is 7.16. The second kappa shape index (κ2) is 3.03. The van der Waals surface area contributed by atoms with E-state index in [0.717, 1.165) is 5.19 Å². The van der Waals surface area contributed by atoms with Gasteiger partial charge < -0.3 is 4.80 Å². The Morgan fingerprint density at radius 3 is 2.17 bits per heavy atom. The fourth-order valence-corrected chi connectivity index (χ4v) is 3.03. The summed E-state index contributed by atoms with van der Waals surface area (Å²) in [6.45, 7) is 8.07. The van der Waals surface area contributed by atoms with Crippen LogP contribution in [0.15, 0.2) is 18.2 Å². The van der Waals surface area contributed by atoms with Crippen molar-refractivity contribution in [2.45, 2.75) is 26.9 Å². The van der Waals surface area contributed by atoms with Crippen molar-refractivity contribution in [1.82, 2.24) is 0 Å². The summed E-state index contributed by atoms with van der Waals surface area (Å²) in [4.78, 5) is 9.93. The number of rotatable bonds is 1. The molecule has 1 nitrogen and oxygen atoms in total. The normalized spacial score (nSPS) is 11.8. The van der Waals surface area contributed by atoms with Gasteiger partial charge in [0.25, 0.3) is 0 Å². The van der Waals surface area contributed by atoms with Crippen molar-refractivity contribution in [2.75, 3.05) is 0 Å². The molecule has 0 unspecified atom stereocenters. The minimum absolute atomic E-state index is 1.16. The highest BCUT2D eigenvalue weighted by Crippen LogP contribution is 2.07. The van der Waals surface area contributed by atoms with Crippen molar-refractivity contribution in [3.63, 3.8) is 0 Å². The molecule has 1 aromatic carbocycles. The summed E-state index contributed by atoms with van der Waals surface area (Å²) in [6.07, 6.45) is 0. The first-order chi connectivity index (χ1) is 5.43. The van der Waals surface area contributed by atoms with Gasteiger partial charge in [-0.25, -0.2) is 0 Å². The van der Waals surface area contributed by atoms with E-state index < -0.39 is 8.32 Å². The molecule has 0 spiro atoms. The molecule has 0 aliphatic rings. The molecular weight excluding hydrogens is 164 g/mol. The molecule has 0 saturated carbocycles. The molecule has 1 aromatic rings. The highest BCUT2D eigenvalue weighted by molar-refractivity contribution is 6.83. The van der Waals surface area contributed by atoms with E-state index in [1.165, 1.54) is 11.1 Å². The summed E-state index contributed by atoms with van der Waals surface area (Å²) >= 11 is 0. The van der Waals surface area contributed by atoms with Crippen molar-refractivity contribution in [1.29, 1.82) is 0 Å². The monoisotopic (exact) mass is 180 g/mol. The van der Waals surface area contributed by atoms with Crippen LogP contribution in [0.5, 0.6) is 0 Å². The molecule has 0 radical (unpaired) electrons. The number of hydrogen-bond acceptors (Lipinski definition) is 1. The van der Waals surface area contributed by atoms with Crippen LogP contribution < -0.4 is 5.19 Å². The highest BCUT2D eigenvalue weighted by Gasteiger charge is 2.22. The molecule has 0 amide bonds. The lowest BCUT2D eigenvalue weighted by molar-refractivity contribution is 0.568. The lowest BCUT2D eigenvalue weighted by Crippen LogP contribution is -2.43. The van der Waals surface area contributed by atoms with Gasteiger partial charge in [-0.15, -0.1) is 0 Å². The molecule has 1 rings (SSSR count). The summed E-state index contributed by atoms with van der Waals surface area (Å²) in [6, 6.07) is 6.14. The molecule has 1 N–H and O–H groups in total. The van der Waals surface area contributed by atoms with Crippen LogP contribution in [0.1, 0.15) is 11.1 Å². The van der Waals surface area contributed by atoms with E-state index in [9.17, 15) is 4.80 Å². The van der Waals surface area contributed by atoms with Crippen LogP contribution in [-0.4, -0.2) is 13.1 Å². The Hall–Kier alpha value is -0.603. The van der Waals surface area contributed by atoms with Gasteiger partial charge in [0.1, 0.15) is 0 Å². The van der Waals surface area contributed by atoms with Crippen LogP contribution >= 0.6 is 0 Å². The Labute approximate surface area is 75.2 Å². The number of hydrogen-bond donors (Lipinski definition) is 1. The molecule has 12 heavy (non-hydrogen) atoms. The summed E-state index contributed by atoms with van der Waals surface area (Å²) < 4.78 is 0. The van der Waals surface area contributed by atoms with Crippen molar-refractivity contribution < 1.29 is 4.80 Å². The average Bonchev–Trinajstić information content (AvgIpc) is 1.92. The zero-order chi connectivity index (χ0) is 9.35. The topological polar surface area (TPSA) is 20.2 Å². The van der Waals surface area contributed by atoms with E-state index >= 15 is 0 Å². The molecule has 0 saturated heterocycles. The Morgan fingerprint density at radius 2 is 1.75 bits per heavy atom. The summed E-state index contributed by atoms with van der Waals surface area (Å²) in [7, 11) is -2.11. The third kappa shape index (κ3) is 1.76. The minimum Gasteiger partial charge on any atom is -0.428 e. The Bertz CT molecular complexity index is 286. The second-order valence-electron chi connectivity index (χ2n) is 3.81. The van der Waals surface area contributed by atoms with Gasteiger partial charge in [0.2, 0.25) is 8.32 Å². The first kappa shape index (κ1) is 9.48. The largest absolute Gasteiger partial charge is 0.428 e. The van der Waals surface area contributed by atoms with Gasteiger partial charge in [-0.2, -0.15) is 0 Å². The minimum atomic E-state index is -2.11. The van der Waals surface area contributed by atoms with Gasteiger partial charge in [-0.3, -0.25) is 0 Å². The van der Waals surface area contributed by atoms with Gasteiger partial charge in [0, 0.05) is 0 Å². The molecule has 0 heterocycles. The van der Waals surface area contributed by atoms with E-state index in [-0.39, 0.29) is 0 Å². The van der Waals surface area contributed by atoms with E-state index in [0.29, 0.717) is 0 Å². The molecule has 0 fully saturated rings. The summed E-state index contributed by atoms with van der Waals surface area (Å²) in [5.74, 6) is 0. The third-order valence-corrected chi connectivity index (χ3v) is 4.12. The van der Waals surface area contributed by atoms with Gasteiger partial charge >= 0.3 is 0 Å². The zero-order valence-corrected chi connectivity index (χ0v) is 9.18. The van der Waals surface area contributed by atoms with Gasteiger partial charge in [0.05, 0.1) is 0 Å². The van der Waals surface area contributed by atoms with E-state index in [4.69, 9.17) is 0 Å². The maximum Gasteiger partial charge on any atom is 0.214 e. The quantitative estimate of drug-likeness (QED) is 0.652. The zero-order valence-electron chi connectivity index (χ0n) is 8.18. The standard InChI is InChI=1S/C10H16OSi/c1-8-6-5-7-10(9(8)2)12(3,4)11/h5-7,11H,1-4H3. The number of aryl methyl sites for hydroxylation is 1. The first-order valence-electron chi connectivity index (χ1n) is 4.22. The smallest absolute Gasteiger partial charge is 0.214 e. The Balaban J connectivity index is 3.26. The van der Waals surface area contributed by atoms with Crippen LogP contribution in [0.25, 0.3) is 0 Å². The van der Waals surface area contributed by atoms with Crippen LogP contribution in [0.4, 0.5) is 0 Å². The molecule has 0 aromatic heterocycles. The van der Waals surface area contributed by atoms with E-state index in [1.54, 1.807) is 0 Å². The predicted octanol–water partition coefficient (Wildman–Crippen LogP) is 1.71. The van der Waals surface area contributed by atoms with Crippen molar-refractivity contribution in [2.24, 2.45) is 0 Å². The lowest BCUT2D eigenvalue weighted by Gasteiger charge is -2.18. The molecule has 0 aliphatic carbocycles. The maximum atomic E-state index is 9.93. The van der Waals surface area contributed by atoms with Crippen molar-refractivity contribution >= 4 is 13.5 Å². The van der Waals surface area contributed by atoms with Crippen LogP contribution in [-0.2, 0) is 0 Å². The molecule has 0 aliphatic heterocycles. The molecule has 0 bridgehead atoms. The fraction of sp³-hybridized carbons (Fsp3) is 0.400.